The fourth-order valence-corrected chi connectivity index (χ4v) is 2.63. The van der Waals surface area contributed by atoms with Crippen LogP contribution in [0.5, 0.6) is 0 Å². The van der Waals surface area contributed by atoms with E-state index in [4.69, 9.17) is 4.52 Å². The van der Waals surface area contributed by atoms with Crippen LogP contribution in [0.3, 0.4) is 0 Å². The molecule has 2 unspecified atom stereocenters. The number of carbonyl (C=O) groups is 1. The fourth-order valence-electron chi connectivity index (χ4n) is 2.34. The van der Waals surface area contributed by atoms with Gasteiger partial charge in [-0.05, 0) is 22.4 Å². The van der Waals surface area contributed by atoms with Gasteiger partial charge >= 0.3 is 0 Å². The minimum Gasteiger partial charge on any atom is -0.350 e. The molecule has 0 aromatic carbocycles. The molecule has 2 saturated heterocycles. The lowest BCUT2D eigenvalue weighted by Crippen LogP contribution is -2.62. The highest BCUT2D eigenvalue weighted by Crippen LogP contribution is 2.24. The Bertz CT molecular complexity index is 420. The van der Waals surface area contributed by atoms with Crippen molar-refractivity contribution in [3.05, 3.63) is 16.4 Å². The first kappa shape index (κ1) is 10.3. The van der Waals surface area contributed by atoms with Gasteiger partial charge in [0.2, 0.25) is 5.76 Å². The van der Waals surface area contributed by atoms with Crippen LogP contribution in [0.4, 0.5) is 0 Å². The third kappa shape index (κ3) is 1.66. The molecule has 2 atom stereocenters. The van der Waals surface area contributed by atoms with Crippen molar-refractivity contribution in [2.75, 3.05) is 19.6 Å². The smallest absolute Gasteiger partial charge is 0.292 e. The number of amides is 1. The van der Waals surface area contributed by atoms with Crippen LogP contribution in [-0.4, -0.2) is 41.6 Å². The van der Waals surface area contributed by atoms with Gasteiger partial charge in [-0.15, -0.1) is 0 Å². The molecule has 16 heavy (non-hydrogen) atoms. The Balaban J connectivity index is 1.71. The highest BCUT2D eigenvalue weighted by molar-refractivity contribution is 9.10. The molecule has 6 heteroatoms. The maximum absolute atomic E-state index is 12.0. The molecule has 0 spiro atoms. The van der Waals surface area contributed by atoms with Crippen molar-refractivity contribution in [1.82, 2.24) is 15.4 Å². The molecule has 2 aliphatic rings. The average Bonchev–Trinajstić information content (AvgIpc) is 2.66. The molecule has 3 rings (SSSR count). The predicted octanol–water partition coefficient (Wildman–Crippen LogP) is 0.871. The zero-order valence-electron chi connectivity index (χ0n) is 8.65. The highest BCUT2D eigenvalue weighted by Gasteiger charge is 2.37. The molecule has 1 aromatic heterocycles. The first-order valence-electron chi connectivity index (χ1n) is 5.39. The molecule has 2 fully saturated rings. The van der Waals surface area contributed by atoms with Crippen LogP contribution in [-0.2, 0) is 0 Å². The fraction of sp³-hybridized carbons (Fsp3) is 0.600. The average molecular weight is 286 g/mol. The number of nitrogens with one attached hydrogen (secondary N) is 1. The van der Waals surface area contributed by atoms with Crippen LogP contribution in [0.1, 0.15) is 17.0 Å². The number of nitrogens with zero attached hydrogens (tertiary/aromatic N) is 2. The summed E-state index contributed by atoms with van der Waals surface area (Å²) in [5, 5.41) is 7.03. The first-order valence-corrected chi connectivity index (χ1v) is 6.18. The van der Waals surface area contributed by atoms with Gasteiger partial charge in [0.15, 0.2) is 0 Å². The molecule has 1 aromatic rings. The molecular formula is C10H12BrN3O2. The predicted molar refractivity (Wildman–Crippen MR) is 60.0 cm³/mol. The number of halogens is 1. The second-order valence-electron chi connectivity index (χ2n) is 4.33. The lowest BCUT2D eigenvalue weighted by Gasteiger charge is -2.45. The van der Waals surface area contributed by atoms with Gasteiger partial charge in [-0.2, -0.15) is 0 Å². The van der Waals surface area contributed by atoms with Crippen LogP contribution >= 0.6 is 15.9 Å². The van der Waals surface area contributed by atoms with E-state index in [1.165, 1.54) is 0 Å². The van der Waals surface area contributed by atoms with Crippen LogP contribution in [0.2, 0.25) is 0 Å². The Morgan fingerprint density at radius 2 is 2.56 bits per heavy atom. The van der Waals surface area contributed by atoms with Gasteiger partial charge in [0.05, 0.1) is 0 Å². The van der Waals surface area contributed by atoms with Crippen LogP contribution in [0.25, 0.3) is 0 Å². The summed E-state index contributed by atoms with van der Waals surface area (Å²) < 4.78 is 5.52. The number of hydrogen-bond acceptors (Lipinski definition) is 4. The van der Waals surface area contributed by atoms with E-state index in [-0.39, 0.29) is 5.91 Å². The maximum Gasteiger partial charge on any atom is 0.292 e. The zero-order chi connectivity index (χ0) is 11.1. The number of hydrogen-bond donors (Lipinski definition) is 1. The molecule has 0 aliphatic carbocycles. The number of fused-ring (bicyclic) bond motifs is 1. The van der Waals surface area contributed by atoms with Gasteiger partial charge in [-0.3, -0.25) is 4.79 Å². The Morgan fingerprint density at radius 3 is 3.12 bits per heavy atom. The van der Waals surface area contributed by atoms with Crippen molar-refractivity contribution in [1.29, 1.82) is 0 Å². The molecule has 0 radical (unpaired) electrons. The van der Waals surface area contributed by atoms with Gasteiger partial charge in [0.1, 0.15) is 4.60 Å². The van der Waals surface area contributed by atoms with E-state index in [9.17, 15) is 4.79 Å². The van der Waals surface area contributed by atoms with Gasteiger partial charge in [-0.25, -0.2) is 0 Å². The summed E-state index contributed by atoms with van der Waals surface area (Å²) in [6.45, 7) is 2.65. The molecule has 1 amide bonds. The van der Waals surface area contributed by atoms with E-state index in [0.29, 0.717) is 22.3 Å². The summed E-state index contributed by atoms with van der Waals surface area (Å²) in [6.07, 6.45) is 1.03. The first-order chi connectivity index (χ1) is 7.74. The second-order valence-corrected chi connectivity index (χ2v) is 5.14. The third-order valence-corrected chi connectivity index (χ3v) is 3.73. The van der Waals surface area contributed by atoms with E-state index in [2.05, 4.69) is 26.4 Å². The SMILES string of the molecule is O=C(c1cc(Br)no1)N1CCC2NCC2C1. The van der Waals surface area contributed by atoms with Crippen molar-refractivity contribution in [2.24, 2.45) is 5.92 Å². The molecule has 0 saturated carbocycles. The quantitative estimate of drug-likeness (QED) is 0.832. The summed E-state index contributed by atoms with van der Waals surface area (Å²) in [5.41, 5.74) is 0. The third-order valence-electron chi connectivity index (χ3n) is 3.36. The minimum atomic E-state index is -0.0523. The summed E-state index contributed by atoms with van der Waals surface area (Å²) in [4.78, 5) is 13.9. The standard InChI is InChI=1S/C10H12BrN3O2/c11-9-3-8(16-13-9)10(15)14-2-1-7-6(5-14)4-12-7/h3,6-7,12H,1-2,4-5H2. The lowest BCUT2D eigenvalue weighted by atomic mass is 9.85. The molecule has 5 nitrogen and oxygen atoms in total. The molecule has 0 bridgehead atoms. The monoisotopic (exact) mass is 285 g/mol. The number of likely N-dealkylation sites (tertiary alicyclic amines) is 1. The lowest BCUT2D eigenvalue weighted by molar-refractivity contribution is 0.0473. The van der Waals surface area contributed by atoms with Crippen LogP contribution in [0, 0.1) is 5.92 Å². The van der Waals surface area contributed by atoms with Gasteiger partial charge in [0, 0.05) is 37.7 Å². The van der Waals surface area contributed by atoms with E-state index in [1.54, 1.807) is 6.07 Å². The normalized spacial score (nSPS) is 28.4. The Labute approximate surface area is 101 Å². The molecule has 3 heterocycles. The summed E-state index contributed by atoms with van der Waals surface area (Å²) in [7, 11) is 0. The number of rotatable bonds is 1. The Kier molecular flexibility index (Phi) is 2.48. The zero-order valence-corrected chi connectivity index (χ0v) is 10.2. The van der Waals surface area contributed by atoms with Crippen molar-refractivity contribution < 1.29 is 9.32 Å². The van der Waals surface area contributed by atoms with Gasteiger partial charge in [-0.1, -0.05) is 5.16 Å². The summed E-state index contributed by atoms with van der Waals surface area (Å²) in [6, 6.07) is 2.23. The highest BCUT2D eigenvalue weighted by atomic mass is 79.9. The second kappa shape index (κ2) is 3.85. The molecule has 2 aliphatic heterocycles. The van der Waals surface area contributed by atoms with E-state index in [1.807, 2.05) is 4.90 Å². The van der Waals surface area contributed by atoms with E-state index < -0.39 is 0 Å². The molecular weight excluding hydrogens is 274 g/mol. The van der Waals surface area contributed by atoms with Crippen molar-refractivity contribution in [3.63, 3.8) is 0 Å². The van der Waals surface area contributed by atoms with E-state index in [0.717, 1.165) is 26.1 Å². The minimum absolute atomic E-state index is 0.0523. The van der Waals surface area contributed by atoms with Crippen molar-refractivity contribution in [2.45, 2.75) is 12.5 Å². The van der Waals surface area contributed by atoms with Crippen molar-refractivity contribution >= 4 is 21.8 Å². The number of piperidine rings is 1. The summed E-state index contributed by atoms with van der Waals surface area (Å²) >= 11 is 3.17. The summed E-state index contributed by atoms with van der Waals surface area (Å²) in [5.74, 6) is 0.880. The maximum atomic E-state index is 12.0. The number of aromatic nitrogens is 1. The van der Waals surface area contributed by atoms with Gasteiger partial charge in [0.25, 0.3) is 5.91 Å². The van der Waals surface area contributed by atoms with Crippen molar-refractivity contribution in [3.8, 4) is 0 Å². The van der Waals surface area contributed by atoms with E-state index >= 15 is 0 Å². The topological polar surface area (TPSA) is 58.4 Å². The molecule has 1 N–H and O–H groups in total. The largest absolute Gasteiger partial charge is 0.350 e. The number of carbonyl (C=O) groups excluding carboxylic acids is 1. The molecule has 86 valence electrons. The Hall–Kier alpha value is -0.880. The van der Waals surface area contributed by atoms with Crippen LogP contribution < -0.4 is 5.32 Å². The van der Waals surface area contributed by atoms with Gasteiger partial charge < -0.3 is 14.7 Å². The van der Waals surface area contributed by atoms with Crippen LogP contribution in [0.15, 0.2) is 15.2 Å². The Morgan fingerprint density at radius 1 is 1.69 bits per heavy atom.